The lowest BCUT2D eigenvalue weighted by Crippen LogP contribution is -1.99. The monoisotopic (exact) mass is 373 g/mol. The molecule has 0 aliphatic carbocycles. The van der Waals surface area contributed by atoms with Crippen LogP contribution in [0.15, 0.2) is 66.7 Å². The van der Waals surface area contributed by atoms with Crippen molar-refractivity contribution in [3.8, 4) is 11.5 Å². The van der Waals surface area contributed by atoms with Gasteiger partial charge in [-0.05, 0) is 59.7 Å². The van der Waals surface area contributed by atoms with Crippen molar-refractivity contribution in [2.75, 3.05) is 5.32 Å². The standard InChI is InChI=1S/C20H17Cl2NO2/c21-19-10-3-15(11-20(19)22)13-25-18-8-1-14(2-9-18)12-23-16-4-6-17(24)7-5-16/h1-11,23-24H,12-13H2. The quantitative estimate of drug-likeness (QED) is 0.529. The molecule has 0 saturated heterocycles. The number of nitrogens with one attached hydrogen (secondary N) is 1. The van der Waals surface area contributed by atoms with E-state index in [9.17, 15) is 5.11 Å². The van der Waals surface area contributed by atoms with Gasteiger partial charge in [-0.1, -0.05) is 41.4 Å². The topological polar surface area (TPSA) is 41.5 Å². The number of benzene rings is 3. The maximum atomic E-state index is 9.28. The number of aromatic hydroxyl groups is 1. The summed E-state index contributed by atoms with van der Waals surface area (Å²) >= 11 is 11.9. The van der Waals surface area contributed by atoms with Gasteiger partial charge in [-0.15, -0.1) is 0 Å². The van der Waals surface area contributed by atoms with E-state index in [2.05, 4.69) is 5.32 Å². The van der Waals surface area contributed by atoms with Crippen molar-refractivity contribution >= 4 is 28.9 Å². The van der Waals surface area contributed by atoms with Crippen LogP contribution < -0.4 is 10.1 Å². The number of hydrogen-bond acceptors (Lipinski definition) is 3. The highest BCUT2D eigenvalue weighted by atomic mass is 35.5. The molecule has 0 aliphatic rings. The third-order valence-corrected chi connectivity index (χ3v) is 4.42. The zero-order valence-corrected chi connectivity index (χ0v) is 14.9. The number of halogens is 2. The van der Waals surface area contributed by atoms with Crippen LogP contribution in [0.25, 0.3) is 0 Å². The smallest absolute Gasteiger partial charge is 0.119 e. The zero-order valence-electron chi connectivity index (χ0n) is 13.4. The van der Waals surface area contributed by atoms with E-state index in [1.54, 1.807) is 24.3 Å². The van der Waals surface area contributed by atoms with Gasteiger partial charge in [0.2, 0.25) is 0 Å². The summed E-state index contributed by atoms with van der Waals surface area (Å²) in [5, 5.41) is 13.6. The third kappa shape index (κ3) is 5.05. The Bertz CT molecular complexity index is 833. The molecule has 3 aromatic rings. The maximum Gasteiger partial charge on any atom is 0.119 e. The first-order valence-corrected chi connectivity index (χ1v) is 8.54. The molecular weight excluding hydrogens is 357 g/mol. The Hall–Kier alpha value is -2.36. The van der Waals surface area contributed by atoms with E-state index in [4.69, 9.17) is 27.9 Å². The van der Waals surface area contributed by atoms with Crippen LogP contribution in [-0.4, -0.2) is 5.11 Å². The average Bonchev–Trinajstić information content (AvgIpc) is 2.63. The van der Waals surface area contributed by atoms with Crippen molar-refractivity contribution in [2.45, 2.75) is 13.2 Å². The summed E-state index contributed by atoms with van der Waals surface area (Å²) in [5.74, 6) is 1.05. The minimum Gasteiger partial charge on any atom is -0.508 e. The Kier molecular flexibility index (Phi) is 5.69. The van der Waals surface area contributed by atoms with Gasteiger partial charge in [0.1, 0.15) is 18.1 Å². The van der Waals surface area contributed by atoms with Crippen LogP contribution in [-0.2, 0) is 13.2 Å². The second-order valence-electron chi connectivity index (χ2n) is 5.58. The van der Waals surface area contributed by atoms with Gasteiger partial charge < -0.3 is 15.2 Å². The first kappa shape index (κ1) is 17.5. The van der Waals surface area contributed by atoms with Crippen LogP contribution in [0.2, 0.25) is 10.0 Å². The number of phenolic OH excluding ortho intramolecular Hbond substituents is 1. The molecule has 0 atom stereocenters. The summed E-state index contributed by atoms with van der Waals surface area (Å²) in [6, 6.07) is 20.3. The third-order valence-electron chi connectivity index (χ3n) is 3.68. The Morgan fingerprint density at radius 2 is 1.48 bits per heavy atom. The lowest BCUT2D eigenvalue weighted by atomic mass is 10.2. The van der Waals surface area contributed by atoms with Crippen molar-refractivity contribution in [1.29, 1.82) is 0 Å². The highest BCUT2D eigenvalue weighted by Crippen LogP contribution is 2.23. The SMILES string of the molecule is Oc1ccc(NCc2ccc(OCc3ccc(Cl)c(Cl)c3)cc2)cc1. The molecule has 2 N–H and O–H groups in total. The summed E-state index contributed by atoms with van der Waals surface area (Å²) in [6.07, 6.45) is 0. The van der Waals surface area contributed by atoms with Gasteiger partial charge in [0.15, 0.2) is 0 Å². The molecule has 128 valence electrons. The molecule has 0 aliphatic heterocycles. The summed E-state index contributed by atoms with van der Waals surface area (Å²) in [5.41, 5.74) is 3.06. The van der Waals surface area contributed by atoms with E-state index in [1.807, 2.05) is 42.5 Å². The van der Waals surface area contributed by atoms with Gasteiger partial charge in [0, 0.05) is 12.2 Å². The van der Waals surface area contributed by atoms with E-state index in [0.717, 1.165) is 22.6 Å². The molecule has 0 bridgehead atoms. The molecule has 0 unspecified atom stereocenters. The highest BCUT2D eigenvalue weighted by molar-refractivity contribution is 6.42. The van der Waals surface area contributed by atoms with E-state index in [-0.39, 0.29) is 5.75 Å². The van der Waals surface area contributed by atoms with E-state index >= 15 is 0 Å². The summed E-state index contributed by atoms with van der Waals surface area (Å²) < 4.78 is 5.77. The molecule has 0 fully saturated rings. The molecule has 0 amide bonds. The van der Waals surface area contributed by atoms with Gasteiger partial charge in [-0.25, -0.2) is 0 Å². The Morgan fingerprint density at radius 1 is 0.800 bits per heavy atom. The summed E-state index contributed by atoms with van der Waals surface area (Å²) in [7, 11) is 0. The van der Waals surface area contributed by atoms with Gasteiger partial charge in [0.05, 0.1) is 10.0 Å². The van der Waals surface area contributed by atoms with Crippen molar-refractivity contribution in [2.24, 2.45) is 0 Å². The Morgan fingerprint density at radius 3 is 2.16 bits per heavy atom. The summed E-state index contributed by atoms with van der Waals surface area (Å²) in [4.78, 5) is 0. The Labute approximate surface area is 156 Å². The molecule has 0 aromatic heterocycles. The summed E-state index contributed by atoms with van der Waals surface area (Å²) in [6.45, 7) is 1.12. The number of hydrogen-bond donors (Lipinski definition) is 2. The zero-order chi connectivity index (χ0) is 17.6. The predicted octanol–water partition coefficient (Wildman–Crippen LogP) is 5.89. The average molecular weight is 374 g/mol. The van der Waals surface area contributed by atoms with Crippen molar-refractivity contribution in [3.05, 3.63) is 87.9 Å². The van der Waals surface area contributed by atoms with E-state index in [1.165, 1.54) is 0 Å². The molecule has 0 saturated carbocycles. The first-order valence-electron chi connectivity index (χ1n) is 7.79. The minimum atomic E-state index is 0.258. The predicted molar refractivity (Wildman–Crippen MR) is 103 cm³/mol. The molecule has 5 heteroatoms. The minimum absolute atomic E-state index is 0.258. The number of anilines is 1. The molecule has 3 nitrogen and oxygen atoms in total. The fraction of sp³-hybridized carbons (Fsp3) is 0.100. The van der Waals surface area contributed by atoms with Crippen LogP contribution in [0, 0.1) is 0 Å². The van der Waals surface area contributed by atoms with Crippen LogP contribution in [0.5, 0.6) is 11.5 Å². The molecule has 0 radical (unpaired) electrons. The largest absolute Gasteiger partial charge is 0.508 e. The van der Waals surface area contributed by atoms with Crippen LogP contribution in [0.3, 0.4) is 0 Å². The van der Waals surface area contributed by atoms with E-state index < -0.39 is 0 Å². The maximum absolute atomic E-state index is 9.28. The fourth-order valence-electron chi connectivity index (χ4n) is 2.28. The second-order valence-corrected chi connectivity index (χ2v) is 6.40. The first-order chi connectivity index (χ1) is 12.1. The molecule has 3 rings (SSSR count). The Balaban J connectivity index is 1.53. The number of phenols is 1. The van der Waals surface area contributed by atoms with Crippen LogP contribution in [0.1, 0.15) is 11.1 Å². The van der Waals surface area contributed by atoms with Crippen LogP contribution in [0.4, 0.5) is 5.69 Å². The fourth-order valence-corrected chi connectivity index (χ4v) is 2.60. The second kappa shape index (κ2) is 8.15. The lowest BCUT2D eigenvalue weighted by molar-refractivity contribution is 0.306. The normalized spacial score (nSPS) is 10.5. The molecule has 3 aromatic carbocycles. The molecule has 0 heterocycles. The molecule has 25 heavy (non-hydrogen) atoms. The lowest BCUT2D eigenvalue weighted by Gasteiger charge is -2.09. The van der Waals surface area contributed by atoms with Gasteiger partial charge in [-0.2, -0.15) is 0 Å². The molecule has 0 spiro atoms. The number of ether oxygens (including phenoxy) is 1. The van der Waals surface area contributed by atoms with Crippen LogP contribution >= 0.6 is 23.2 Å². The van der Waals surface area contributed by atoms with Crippen molar-refractivity contribution in [3.63, 3.8) is 0 Å². The van der Waals surface area contributed by atoms with E-state index in [0.29, 0.717) is 23.2 Å². The van der Waals surface area contributed by atoms with Gasteiger partial charge >= 0.3 is 0 Å². The van der Waals surface area contributed by atoms with Gasteiger partial charge in [0.25, 0.3) is 0 Å². The highest BCUT2D eigenvalue weighted by Gasteiger charge is 2.01. The van der Waals surface area contributed by atoms with Crippen molar-refractivity contribution < 1.29 is 9.84 Å². The number of rotatable bonds is 6. The van der Waals surface area contributed by atoms with Crippen molar-refractivity contribution in [1.82, 2.24) is 0 Å². The molecular formula is C20H17Cl2NO2. The van der Waals surface area contributed by atoms with Gasteiger partial charge in [-0.3, -0.25) is 0 Å².